The van der Waals surface area contributed by atoms with E-state index in [1.54, 1.807) is 6.92 Å². The Morgan fingerprint density at radius 2 is 1.82 bits per heavy atom. The van der Waals surface area contributed by atoms with Gasteiger partial charge in [-0.1, -0.05) is 18.2 Å². The summed E-state index contributed by atoms with van der Waals surface area (Å²) in [5, 5.41) is 26.7. The van der Waals surface area contributed by atoms with Crippen molar-refractivity contribution in [1.29, 1.82) is 0 Å². The number of aliphatic hydroxyl groups excluding tert-OH is 1. The predicted molar refractivity (Wildman–Crippen MR) is 178 cm³/mol. The molecule has 3 aromatic carbocycles. The fourth-order valence-corrected chi connectivity index (χ4v) is 8.37. The van der Waals surface area contributed by atoms with Crippen molar-refractivity contribution in [2.75, 3.05) is 27.5 Å². The zero-order chi connectivity index (χ0) is 36.5. The van der Waals surface area contributed by atoms with Crippen LogP contribution in [0.3, 0.4) is 0 Å². The van der Waals surface area contributed by atoms with Crippen molar-refractivity contribution >= 4 is 18.0 Å². The van der Waals surface area contributed by atoms with E-state index in [0.29, 0.717) is 51.7 Å². The third-order valence-electron chi connectivity index (χ3n) is 10.5. The number of hydrogen-bond donors (Lipinski definition) is 3. The molecule has 0 aromatic heterocycles. The maximum atomic E-state index is 13.3. The first-order valence-electron chi connectivity index (χ1n) is 16.5. The van der Waals surface area contributed by atoms with Crippen LogP contribution >= 0.6 is 0 Å². The van der Waals surface area contributed by atoms with Gasteiger partial charge in [-0.3, -0.25) is 19.4 Å². The number of amides is 1. The minimum absolute atomic E-state index is 0.0107. The summed E-state index contributed by atoms with van der Waals surface area (Å²) in [6.07, 6.45) is -2.46. The van der Waals surface area contributed by atoms with Crippen LogP contribution in [0.1, 0.15) is 63.5 Å². The molecule has 0 radical (unpaired) electrons. The molecule has 1 unspecified atom stereocenters. The lowest BCUT2D eigenvalue weighted by atomic mass is 9.73. The second-order valence-electron chi connectivity index (χ2n) is 13.4. The number of rotatable bonds is 6. The quantitative estimate of drug-likeness (QED) is 0.188. The van der Waals surface area contributed by atoms with Crippen molar-refractivity contribution < 1.29 is 51.9 Å². The zero-order valence-electron chi connectivity index (χ0n) is 28.6. The van der Waals surface area contributed by atoms with Crippen molar-refractivity contribution in [3.8, 4) is 28.7 Å². The zero-order valence-corrected chi connectivity index (χ0v) is 28.6. The van der Waals surface area contributed by atoms with Gasteiger partial charge < -0.3 is 34.5 Å². The number of hydrogen-bond acceptors (Lipinski definition) is 10. The minimum Gasteiger partial charge on any atom is -0.504 e. The van der Waals surface area contributed by atoms with E-state index >= 15 is 0 Å². The summed E-state index contributed by atoms with van der Waals surface area (Å²) in [6.45, 7) is 4.76. The Morgan fingerprint density at radius 3 is 2.53 bits per heavy atom. The molecule has 270 valence electrons. The van der Waals surface area contributed by atoms with Crippen LogP contribution in [0.15, 0.2) is 36.4 Å². The van der Waals surface area contributed by atoms with Gasteiger partial charge in [0.1, 0.15) is 12.0 Å². The molecule has 4 aliphatic rings. The van der Waals surface area contributed by atoms with E-state index < -0.39 is 54.0 Å². The number of likely N-dealkylation sites (N-methyl/N-ethyl adjacent to an activating group) is 1. The number of piperazine rings is 1. The normalized spacial score (nSPS) is 23.7. The Labute approximate surface area is 292 Å². The Balaban J connectivity index is 1.33. The number of carbonyl (C=O) groups is 2. The Hall–Kier alpha value is -4.79. The molecule has 4 aliphatic heterocycles. The first-order valence-corrected chi connectivity index (χ1v) is 16.5. The molecular formula is C37H38F3N3O8. The van der Waals surface area contributed by atoms with E-state index in [0.717, 1.165) is 29.3 Å². The van der Waals surface area contributed by atoms with Gasteiger partial charge in [-0.2, -0.15) is 13.2 Å². The Bertz CT molecular complexity index is 1960. The number of fused-ring (bicyclic) bond motifs is 9. The number of nitrogens with one attached hydrogen (secondary N) is 1. The number of aromatic hydroxyl groups is 1. The predicted octanol–water partition coefficient (Wildman–Crippen LogP) is 4.72. The molecule has 4 heterocycles. The molecule has 2 bridgehead atoms. The van der Waals surface area contributed by atoms with Gasteiger partial charge in [-0.15, -0.1) is 0 Å². The fraction of sp³-hybridized carbons (Fsp3) is 0.405. The number of carbonyl (C=O) groups excluding carboxylic acids is 2. The maximum absolute atomic E-state index is 13.3. The number of phenolic OH excluding ortho intramolecular Hbond substituents is 1. The summed E-state index contributed by atoms with van der Waals surface area (Å²) in [5.41, 5.74) is 3.45. The largest absolute Gasteiger partial charge is 0.504 e. The Kier molecular flexibility index (Phi) is 8.67. The summed E-state index contributed by atoms with van der Waals surface area (Å²) >= 11 is 0. The molecule has 1 amide bonds. The van der Waals surface area contributed by atoms with Crippen molar-refractivity contribution in [2.24, 2.45) is 0 Å². The summed E-state index contributed by atoms with van der Waals surface area (Å²) < 4.78 is 63.1. The molecule has 7 rings (SSSR count). The van der Waals surface area contributed by atoms with Crippen molar-refractivity contribution in [3.63, 3.8) is 0 Å². The molecule has 0 saturated carbocycles. The maximum Gasteiger partial charge on any atom is 0.416 e. The lowest BCUT2D eigenvalue weighted by Gasteiger charge is -2.60. The number of nitrogens with zero attached hydrogens (tertiary/aromatic N) is 2. The van der Waals surface area contributed by atoms with Crippen LogP contribution in [0.2, 0.25) is 0 Å². The molecule has 11 nitrogen and oxygen atoms in total. The summed E-state index contributed by atoms with van der Waals surface area (Å²) in [7, 11) is 3.39. The SMILES string of the molecule is COc1c(C)cc2c(c1O)[C@H]1C3Cc4c(OC(C)=O)c(C)c5c(c4[C@H](CNC(=O)/C=C/c4cccc(C(F)(F)F)c4)N3[C@@H](O)[C@@H](C2)N1C)OCO5. The molecular weight excluding hydrogens is 671 g/mol. The van der Waals surface area contributed by atoms with Crippen LogP contribution in [-0.4, -0.2) is 77.7 Å². The van der Waals surface area contributed by atoms with Gasteiger partial charge in [0.25, 0.3) is 0 Å². The van der Waals surface area contributed by atoms with Crippen molar-refractivity contribution in [3.05, 3.63) is 80.9 Å². The lowest BCUT2D eigenvalue weighted by Crippen LogP contribution is -2.69. The molecule has 1 saturated heterocycles. The number of aryl methyl sites for hydroxylation is 1. The molecule has 14 heteroatoms. The second kappa shape index (κ2) is 12.8. The molecule has 3 N–H and O–H groups in total. The van der Waals surface area contributed by atoms with Crippen LogP contribution in [0.25, 0.3) is 6.08 Å². The van der Waals surface area contributed by atoms with Crippen LogP contribution in [0.5, 0.6) is 28.7 Å². The van der Waals surface area contributed by atoms with Gasteiger partial charge in [-0.05, 0) is 68.6 Å². The van der Waals surface area contributed by atoms with Crippen molar-refractivity contribution in [2.45, 2.75) is 70.2 Å². The van der Waals surface area contributed by atoms with Crippen molar-refractivity contribution in [1.82, 2.24) is 15.1 Å². The van der Waals surface area contributed by atoms with Gasteiger partial charge in [0.05, 0.1) is 30.8 Å². The third-order valence-corrected chi connectivity index (χ3v) is 10.5. The van der Waals surface area contributed by atoms with E-state index in [1.807, 2.05) is 29.8 Å². The van der Waals surface area contributed by atoms with Gasteiger partial charge in [-0.25, -0.2) is 0 Å². The average molecular weight is 710 g/mol. The van der Waals surface area contributed by atoms with E-state index in [1.165, 1.54) is 32.2 Å². The van der Waals surface area contributed by atoms with Crippen LogP contribution in [0, 0.1) is 13.8 Å². The fourth-order valence-electron chi connectivity index (χ4n) is 8.37. The third kappa shape index (κ3) is 5.75. The van der Waals surface area contributed by atoms with Crippen LogP contribution in [0.4, 0.5) is 13.2 Å². The monoisotopic (exact) mass is 709 g/mol. The number of alkyl halides is 3. The number of esters is 1. The number of ether oxygens (including phenoxy) is 4. The van der Waals surface area contributed by atoms with E-state index in [4.69, 9.17) is 18.9 Å². The van der Waals surface area contributed by atoms with E-state index in [9.17, 15) is 33.0 Å². The van der Waals surface area contributed by atoms with Crippen LogP contribution < -0.4 is 24.3 Å². The number of benzene rings is 3. The highest BCUT2D eigenvalue weighted by Crippen LogP contribution is 2.58. The van der Waals surface area contributed by atoms with Gasteiger partial charge >= 0.3 is 12.1 Å². The summed E-state index contributed by atoms with van der Waals surface area (Å²) in [4.78, 5) is 29.7. The minimum atomic E-state index is -4.53. The molecule has 0 spiro atoms. The van der Waals surface area contributed by atoms with Gasteiger partial charge in [0, 0.05) is 47.8 Å². The summed E-state index contributed by atoms with van der Waals surface area (Å²) in [6, 6.07) is 4.48. The molecule has 1 fully saturated rings. The highest BCUT2D eigenvalue weighted by molar-refractivity contribution is 5.91. The smallest absolute Gasteiger partial charge is 0.416 e. The number of methoxy groups -OCH3 is 1. The lowest BCUT2D eigenvalue weighted by molar-refractivity contribution is -0.172. The van der Waals surface area contributed by atoms with E-state index in [-0.39, 0.29) is 31.1 Å². The number of aliphatic hydroxyl groups is 1. The summed E-state index contributed by atoms with van der Waals surface area (Å²) in [5.74, 6) is 0.325. The van der Waals surface area contributed by atoms with Crippen LogP contribution in [-0.2, 0) is 28.6 Å². The Morgan fingerprint density at radius 1 is 1.08 bits per heavy atom. The highest BCUT2D eigenvalue weighted by atomic mass is 19.4. The molecule has 3 aromatic rings. The average Bonchev–Trinajstić information content (AvgIpc) is 3.57. The van der Waals surface area contributed by atoms with E-state index in [2.05, 4.69) is 5.32 Å². The second-order valence-corrected chi connectivity index (χ2v) is 13.4. The first-order chi connectivity index (χ1) is 24.2. The first kappa shape index (κ1) is 34.6. The highest BCUT2D eigenvalue weighted by Gasteiger charge is 2.56. The topological polar surface area (TPSA) is 130 Å². The van der Waals surface area contributed by atoms with Gasteiger partial charge in [0.15, 0.2) is 23.0 Å². The molecule has 5 atom stereocenters. The molecule has 0 aliphatic carbocycles. The van der Waals surface area contributed by atoms with Gasteiger partial charge in [0.2, 0.25) is 12.7 Å². The number of halogens is 3. The molecule has 51 heavy (non-hydrogen) atoms. The standard InChI is InChI=1S/C37H38F3N3O8/c1-17-11-21-13-25-36(47)43-24(30(42(25)4)28(21)31(46)32(17)48-5)14-23-29(35-34(49-16-50-35)18(2)33(23)51-19(3)44)26(43)15-41-27(45)10-9-20-7-6-8-22(12-20)37(38,39)40/h6-12,24-26,30,36,46-47H,13-16H2,1-5H3,(H,41,45)/b10-9+/t24?,25-,26+,30-,36+/m1/s1. The number of phenols is 1.